The van der Waals surface area contributed by atoms with Gasteiger partial charge in [-0.15, -0.1) is 0 Å². The van der Waals surface area contributed by atoms with Gasteiger partial charge in [0, 0.05) is 12.1 Å². The quantitative estimate of drug-likeness (QED) is 0.823. The highest BCUT2D eigenvalue weighted by atomic mass is 19.1. The summed E-state index contributed by atoms with van der Waals surface area (Å²) in [5.74, 6) is -1.16. The standard InChI is InChI=1S/C19H20FNO3/c1-13-3-10-17(11-4-13)21-19(23)14(2)24-18(22)12-7-15-5-8-16(20)9-6-15/h3-6,8-11,14H,7,12H2,1-2H3,(H,21,23)/t14-/m0/s1. The predicted molar refractivity (Wildman–Crippen MR) is 90.1 cm³/mol. The summed E-state index contributed by atoms with van der Waals surface area (Å²) < 4.78 is 17.9. The van der Waals surface area contributed by atoms with E-state index in [-0.39, 0.29) is 18.1 Å². The Morgan fingerprint density at radius 3 is 2.33 bits per heavy atom. The number of nitrogens with one attached hydrogen (secondary N) is 1. The Morgan fingerprint density at radius 1 is 1.08 bits per heavy atom. The van der Waals surface area contributed by atoms with E-state index in [1.807, 2.05) is 19.1 Å². The number of anilines is 1. The minimum absolute atomic E-state index is 0.133. The van der Waals surface area contributed by atoms with E-state index in [0.29, 0.717) is 12.1 Å². The molecule has 1 amide bonds. The number of esters is 1. The molecular formula is C19H20FNO3. The monoisotopic (exact) mass is 329 g/mol. The molecule has 0 spiro atoms. The minimum atomic E-state index is -0.882. The van der Waals surface area contributed by atoms with Gasteiger partial charge in [-0.05, 0) is 50.1 Å². The molecule has 24 heavy (non-hydrogen) atoms. The third-order valence-corrected chi connectivity index (χ3v) is 3.53. The smallest absolute Gasteiger partial charge is 0.306 e. The van der Waals surface area contributed by atoms with Crippen LogP contribution >= 0.6 is 0 Å². The van der Waals surface area contributed by atoms with Crippen LogP contribution in [0.1, 0.15) is 24.5 Å². The number of carbonyl (C=O) groups excluding carboxylic acids is 2. The van der Waals surface area contributed by atoms with Crippen molar-refractivity contribution in [1.82, 2.24) is 0 Å². The SMILES string of the molecule is Cc1ccc(NC(=O)[C@H](C)OC(=O)CCc2ccc(F)cc2)cc1. The summed E-state index contributed by atoms with van der Waals surface area (Å²) >= 11 is 0. The minimum Gasteiger partial charge on any atom is -0.453 e. The van der Waals surface area contributed by atoms with Crippen molar-refractivity contribution in [2.45, 2.75) is 32.8 Å². The van der Waals surface area contributed by atoms with Crippen LogP contribution in [0.15, 0.2) is 48.5 Å². The van der Waals surface area contributed by atoms with Gasteiger partial charge in [0.05, 0.1) is 0 Å². The number of ether oxygens (including phenoxy) is 1. The second-order valence-corrected chi connectivity index (χ2v) is 5.61. The number of amides is 1. The number of rotatable bonds is 6. The van der Waals surface area contributed by atoms with Gasteiger partial charge in [0.25, 0.3) is 5.91 Å². The maximum absolute atomic E-state index is 12.8. The topological polar surface area (TPSA) is 55.4 Å². The maximum atomic E-state index is 12.8. The van der Waals surface area contributed by atoms with Gasteiger partial charge in [0.1, 0.15) is 5.82 Å². The van der Waals surface area contributed by atoms with Crippen LogP contribution in [-0.4, -0.2) is 18.0 Å². The van der Waals surface area contributed by atoms with Crippen molar-refractivity contribution in [3.05, 3.63) is 65.5 Å². The second-order valence-electron chi connectivity index (χ2n) is 5.61. The molecule has 0 aliphatic heterocycles. The molecule has 0 saturated heterocycles. The highest BCUT2D eigenvalue weighted by Gasteiger charge is 2.17. The van der Waals surface area contributed by atoms with E-state index >= 15 is 0 Å². The summed E-state index contributed by atoms with van der Waals surface area (Å²) in [6.45, 7) is 3.48. The summed E-state index contributed by atoms with van der Waals surface area (Å²) in [5, 5.41) is 2.70. The van der Waals surface area contributed by atoms with Gasteiger partial charge < -0.3 is 10.1 Å². The molecule has 0 bridgehead atoms. The molecule has 0 saturated carbocycles. The molecule has 1 N–H and O–H groups in total. The number of hydrogen-bond donors (Lipinski definition) is 1. The maximum Gasteiger partial charge on any atom is 0.306 e. The normalized spacial score (nSPS) is 11.6. The predicted octanol–water partition coefficient (Wildman–Crippen LogP) is 3.64. The highest BCUT2D eigenvalue weighted by Crippen LogP contribution is 2.10. The lowest BCUT2D eigenvalue weighted by Crippen LogP contribution is -2.30. The van der Waals surface area contributed by atoms with Gasteiger partial charge in [0.15, 0.2) is 6.10 Å². The van der Waals surface area contributed by atoms with Crippen molar-refractivity contribution in [2.24, 2.45) is 0 Å². The molecule has 0 unspecified atom stereocenters. The Kier molecular flexibility index (Phi) is 6.07. The summed E-state index contributed by atoms with van der Waals surface area (Å²) in [7, 11) is 0. The largest absolute Gasteiger partial charge is 0.453 e. The van der Waals surface area contributed by atoms with Crippen LogP contribution < -0.4 is 5.32 Å². The Bertz CT molecular complexity index is 696. The van der Waals surface area contributed by atoms with E-state index in [0.717, 1.165) is 11.1 Å². The van der Waals surface area contributed by atoms with Crippen molar-refractivity contribution in [1.29, 1.82) is 0 Å². The summed E-state index contributed by atoms with van der Waals surface area (Å²) in [6.07, 6.45) is -0.314. The van der Waals surface area contributed by atoms with Crippen LogP contribution in [0.3, 0.4) is 0 Å². The zero-order chi connectivity index (χ0) is 17.5. The molecule has 126 valence electrons. The fourth-order valence-corrected chi connectivity index (χ4v) is 2.09. The first-order valence-electron chi connectivity index (χ1n) is 7.75. The molecule has 0 heterocycles. The Balaban J connectivity index is 1.78. The van der Waals surface area contributed by atoms with Crippen LogP contribution in [0.5, 0.6) is 0 Å². The molecule has 0 aromatic heterocycles. The Labute approximate surface area is 140 Å². The van der Waals surface area contributed by atoms with Gasteiger partial charge >= 0.3 is 5.97 Å². The number of halogens is 1. The number of carbonyl (C=O) groups is 2. The zero-order valence-electron chi connectivity index (χ0n) is 13.7. The van der Waals surface area contributed by atoms with E-state index in [4.69, 9.17) is 4.74 Å². The second kappa shape index (κ2) is 8.24. The van der Waals surface area contributed by atoms with Crippen LogP contribution in [0.2, 0.25) is 0 Å². The molecule has 4 nitrogen and oxygen atoms in total. The van der Waals surface area contributed by atoms with E-state index in [2.05, 4.69) is 5.32 Å². The molecule has 0 fully saturated rings. The average molecular weight is 329 g/mol. The fraction of sp³-hybridized carbons (Fsp3) is 0.263. The van der Waals surface area contributed by atoms with Gasteiger partial charge in [-0.25, -0.2) is 4.39 Å². The first-order chi connectivity index (χ1) is 11.4. The van der Waals surface area contributed by atoms with Gasteiger partial charge in [-0.1, -0.05) is 29.8 Å². The Hall–Kier alpha value is -2.69. The first kappa shape index (κ1) is 17.7. The highest BCUT2D eigenvalue weighted by molar-refractivity contribution is 5.95. The molecule has 2 aromatic carbocycles. The third kappa shape index (κ3) is 5.50. The molecule has 1 atom stereocenters. The molecular weight excluding hydrogens is 309 g/mol. The molecule has 0 aliphatic rings. The van der Waals surface area contributed by atoms with E-state index in [1.54, 1.807) is 24.3 Å². The summed E-state index contributed by atoms with van der Waals surface area (Å²) in [5.41, 5.74) is 2.58. The van der Waals surface area contributed by atoms with Crippen LogP contribution in [0.4, 0.5) is 10.1 Å². The summed E-state index contributed by atoms with van der Waals surface area (Å²) in [4.78, 5) is 23.8. The van der Waals surface area contributed by atoms with Gasteiger partial charge in [0.2, 0.25) is 0 Å². The fourth-order valence-electron chi connectivity index (χ4n) is 2.09. The number of aryl methyl sites for hydroxylation is 2. The van der Waals surface area contributed by atoms with Gasteiger partial charge in [-0.3, -0.25) is 9.59 Å². The van der Waals surface area contributed by atoms with Crippen LogP contribution in [-0.2, 0) is 20.7 Å². The molecule has 2 aromatic rings. The summed E-state index contributed by atoms with van der Waals surface area (Å²) in [6, 6.07) is 13.3. The van der Waals surface area contributed by atoms with E-state index < -0.39 is 12.1 Å². The van der Waals surface area contributed by atoms with Crippen molar-refractivity contribution < 1.29 is 18.7 Å². The molecule has 0 aliphatic carbocycles. The van der Waals surface area contributed by atoms with E-state index in [1.165, 1.54) is 19.1 Å². The van der Waals surface area contributed by atoms with Crippen molar-refractivity contribution in [3.8, 4) is 0 Å². The van der Waals surface area contributed by atoms with E-state index in [9.17, 15) is 14.0 Å². The van der Waals surface area contributed by atoms with Crippen LogP contribution in [0.25, 0.3) is 0 Å². The molecule has 2 rings (SSSR count). The average Bonchev–Trinajstić information content (AvgIpc) is 2.56. The first-order valence-corrected chi connectivity index (χ1v) is 7.75. The third-order valence-electron chi connectivity index (χ3n) is 3.53. The van der Waals surface area contributed by atoms with Crippen molar-refractivity contribution in [2.75, 3.05) is 5.32 Å². The Morgan fingerprint density at radius 2 is 1.71 bits per heavy atom. The zero-order valence-corrected chi connectivity index (χ0v) is 13.7. The van der Waals surface area contributed by atoms with Crippen molar-refractivity contribution >= 4 is 17.6 Å². The number of hydrogen-bond acceptors (Lipinski definition) is 3. The lowest BCUT2D eigenvalue weighted by molar-refractivity contribution is -0.153. The lowest BCUT2D eigenvalue weighted by Gasteiger charge is -2.13. The molecule has 5 heteroatoms. The van der Waals surface area contributed by atoms with Crippen molar-refractivity contribution in [3.63, 3.8) is 0 Å². The van der Waals surface area contributed by atoms with Gasteiger partial charge in [-0.2, -0.15) is 0 Å². The number of benzene rings is 2. The van der Waals surface area contributed by atoms with Crippen LogP contribution in [0, 0.1) is 12.7 Å². The lowest BCUT2D eigenvalue weighted by atomic mass is 10.1. The molecule has 0 radical (unpaired) electrons.